The molecule has 5 nitrogen and oxygen atoms in total. The number of benzene rings is 3. The molecule has 1 heterocycles. The van der Waals surface area contributed by atoms with E-state index in [2.05, 4.69) is 28.8 Å². The third-order valence-corrected chi connectivity index (χ3v) is 6.04. The van der Waals surface area contributed by atoms with Crippen LogP contribution in [0.15, 0.2) is 91.0 Å². The van der Waals surface area contributed by atoms with E-state index in [0.717, 1.165) is 33.8 Å². The first-order valence-corrected chi connectivity index (χ1v) is 12.6. The topological polar surface area (TPSA) is 49.7 Å². The van der Waals surface area contributed by atoms with Gasteiger partial charge in [-0.15, -0.1) is 0 Å². The van der Waals surface area contributed by atoms with Gasteiger partial charge in [0.1, 0.15) is 18.2 Å². The number of rotatable bonds is 12. The summed E-state index contributed by atoms with van der Waals surface area (Å²) in [5.74, 6) is 0.138. The number of nitrogens with zero attached hydrogens (tertiary/aromatic N) is 1. The Balaban J connectivity index is 1.45. The summed E-state index contributed by atoms with van der Waals surface area (Å²) in [6.45, 7) is 5.47. The van der Waals surface area contributed by atoms with Crippen LogP contribution in [0, 0.1) is 5.82 Å². The first-order valence-electron chi connectivity index (χ1n) is 12.6. The van der Waals surface area contributed by atoms with Gasteiger partial charge in [-0.3, -0.25) is 0 Å². The number of ether oxygens (including phenoxy) is 3. The Morgan fingerprint density at radius 1 is 0.811 bits per heavy atom. The molecule has 4 aromatic rings. The Bertz CT molecular complexity index is 1270. The lowest BCUT2D eigenvalue weighted by molar-refractivity contribution is -0.156. The van der Waals surface area contributed by atoms with Crippen molar-refractivity contribution in [1.82, 2.24) is 4.57 Å². The molecule has 0 unspecified atom stereocenters. The van der Waals surface area contributed by atoms with Crippen molar-refractivity contribution in [3.05, 3.63) is 102 Å². The van der Waals surface area contributed by atoms with E-state index in [0.29, 0.717) is 32.8 Å². The zero-order chi connectivity index (χ0) is 26.0. The normalized spacial score (nSPS) is 11.8. The molecule has 0 spiro atoms. The van der Waals surface area contributed by atoms with Crippen molar-refractivity contribution in [1.29, 1.82) is 0 Å². The standard InChI is InChI=1S/C31H32FNO4/c1-3-35-30(31(34)36-4-2)22-23-10-16-27(17-11-23)37-21-20-33-28(24-8-6-5-7-9-24)18-19-29(33)25-12-14-26(32)15-13-25/h5-19,30H,3-4,20-22H2,1-2H3/t30-/m0/s1. The lowest BCUT2D eigenvalue weighted by atomic mass is 10.1. The van der Waals surface area contributed by atoms with Gasteiger partial charge in [-0.25, -0.2) is 9.18 Å². The lowest BCUT2D eigenvalue weighted by Gasteiger charge is -2.16. The predicted molar refractivity (Wildman–Crippen MR) is 143 cm³/mol. The van der Waals surface area contributed by atoms with Crippen LogP contribution in [0.3, 0.4) is 0 Å². The summed E-state index contributed by atoms with van der Waals surface area (Å²) in [5, 5.41) is 0. The molecule has 4 rings (SSSR count). The van der Waals surface area contributed by atoms with Gasteiger partial charge in [0.05, 0.1) is 13.2 Å². The summed E-state index contributed by atoms with van der Waals surface area (Å²) >= 11 is 0. The molecule has 0 aliphatic rings. The second-order valence-corrected chi connectivity index (χ2v) is 8.52. The van der Waals surface area contributed by atoms with Crippen LogP contribution < -0.4 is 4.74 Å². The second kappa shape index (κ2) is 12.9. The molecule has 0 bridgehead atoms. The molecular weight excluding hydrogens is 469 g/mol. The number of hydrogen-bond acceptors (Lipinski definition) is 4. The third-order valence-electron chi connectivity index (χ3n) is 6.04. The van der Waals surface area contributed by atoms with Gasteiger partial charge in [-0.2, -0.15) is 0 Å². The molecule has 0 saturated carbocycles. The minimum absolute atomic E-state index is 0.258. The number of halogens is 1. The van der Waals surface area contributed by atoms with Crippen LogP contribution in [0.2, 0.25) is 0 Å². The fourth-order valence-electron chi connectivity index (χ4n) is 4.28. The van der Waals surface area contributed by atoms with E-state index in [1.165, 1.54) is 12.1 Å². The number of esters is 1. The smallest absolute Gasteiger partial charge is 0.335 e. The van der Waals surface area contributed by atoms with Gasteiger partial charge in [-0.1, -0.05) is 42.5 Å². The quantitative estimate of drug-likeness (QED) is 0.207. The van der Waals surface area contributed by atoms with Crippen LogP contribution in [0.25, 0.3) is 22.5 Å². The van der Waals surface area contributed by atoms with Crippen molar-refractivity contribution in [2.75, 3.05) is 19.8 Å². The SMILES string of the molecule is CCOC(=O)[C@H](Cc1ccc(OCCn2c(-c3ccccc3)ccc2-c2ccc(F)cc2)cc1)OCC. The largest absolute Gasteiger partial charge is 0.492 e. The molecule has 1 aromatic heterocycles. The molecule has 0 amide bonds. The van der Waals surface area contributed by atoms with Gasteiger partial charge >= 0.3 is 5.97 Å². The fraction of sp³-hybridized carbons (Fsp3) is 0.258. The van der Waals surface area contributed by atoms with Gasteiger partial charge in [0, 0.05) is 24.4 Å². The number of hydrogen-bond donors (Lipinski definition) is 0. The van der Waals surface area contributed by atoms with Crippen molar-refractivity contribution >= 4 is 5.97 Å². The molecule has 0 radical (unpaired) electrons. The average Bonchev–Trinajstić information content (AvgIpc) is 3.34. The average molecular weight is 502 g/mol. The highest BCUT2D eigenvalue weighted by Gasteiger charge is 2.20. The van der Waals surface area contributed by atoms with Crippen LogP contribution in [-0.4, -0.2) is 36.5 Å². The van der Waals surface area contributed by atoms with Crippen molar-refractivity contribution in [3.8, 4) is 28.3 Å². The van der Waals surface area contributed by atoms with Gasteiger partial charge < -0.3 is 18.8 Å². The minimum Gasteiger partial charge on any atom is -0.492 e. The van der Waals surface area contributed by atoms with Crippen LogP contribution in [0.5, 0.6) is 5.75 Å². The summed E-state index contributed by atoms with van der Waals surface area (Å²) < 4.78 is 32.5. The Kier molecular flexibility index (Phi) is 9.11. The summed E-state index contributed by atoms with van der Waals surface area (Å²) in [6, 6.07) is 28.5. The lowest BCUT2D eigenvalue weighted by Crippen LogP contribution is -2.28. The van der Waals surface area contributed by atoms with E-state index in [1.54, 1.807) is 19.1 Å². The van der Waals surface area contributed by atoms with Crippen molar-refractivity contribution in [2.45, 2.75) is 32.9 Å². The molecule has 3 aromatic carbocycles. The summed E-state index contributed by atoms with van der Waals surface area (Å²) in [5.41, 5.74) is 5.08. The van der Waals surface area contributed by atoms with Crippen molar-refractivity contribution in [2.24, 2.45) is 0 Å². The maximum atomic E-state index is 13.5. The van der Waals surface area contributed by atoms with Gasteiger partial charge in [0.2, 0.25) is 0 Å². The summed E-state index contributed by atoms with van der Waals surface area (Å²) in [6.07, 6.45) is -0.177. The molecule has 0 aliphatic heterocycles. The molecule has 192 valence electrons. The van der Waals surface area contributed by atoms with Crippen LogP contribution in [0.4, 0.5) is 4.39 Å². The Morgan fingerprint density at radius 2 is 1.46 bits per heavy atom. The Hall–Kier alpha value is -3.90. The van der Waals surface area contributed by atoms with Crippen LogP contribution >= 0.6 is 0 Å². The molecule has 0 saturated heterocycles. The van der Waals surface area contributed by atoms with Crippen LogP contribution in [0.1, 0.15) is 19.4 Å². The summed E-state index contributed by atoms with van der Waals surface area (Å²) in [4.78, 5) is 12.1. The zero-order valence-electron chi connectivity index (χ0n) is 21.2. The minimum atomic E-state index is -0.619. The molecule has 6 heteroatoms. The number of carbonyl (C=O) groups excluding carboxylic acids is 1. The molecule has 1 atom stereocenters. The van der Waals surface area contributed by atoms with E-state index in [9.17, 15) is 9.18 Å². The van der Waals surface area contributed by atoms with E-state index >= 15 is 0 Å². The highest BCUT2D eigenvalue weighted by Crippen LogP contribution is 2.29. The Labute approximate surface area is 217 Å². The highest BCUT2D eigenvalue weighted by atomic mass is 19.1. The van der Waals surface area contributed by atoms with Crippen LogP contribution in [-0.2, 0) is 27.2 Å². The first-order chi connectivity index (χ1) is 18.1. The fourth-order valence-corrected chi connectivity index (χ4v) is 4.28. The van der Waals surface area contributed by atoms with Crippen molar-refractivity contribution in [3.63, 3.8) is 0 Å². The molecule has 0 fully saturated rings. The van der Waals surface area contributed by atoms with Gasteiger partial charge in [-0.05, 0) is 79.1 Å². The number of aromatic nitrogens is 1. The Morgan fingerprint density at radius 3 is 2.08 bits per heavy atom. The molecule has 0 aliphatic carbocycles. The summed E-state index contributed by atoms with van der Waals surface area (Å²) in [7, 11) is 0. The highest BCUT2D eigenvalue weighted by molar-refractivity contribution is 5.75. The third kappa shape index (κ3) is 6.86. The molecule has 0 N–H and O–H groups in total. The predicted octanol–water partition coefficient (Wildman–Crippen LogP) is 6.55. The molecule has 37 heavy (non-hydrogen) atoms. The second-order valence-electron chi connectivity index (χ2n) is 8.52. The maximum Gasteiger partial charge on any atom is 0.335 e. The first kappa shape index (κ1) is 26.2. The number of carbonyl (C=O) groups is 1. The zero-order valence-corrected chi connectivity index (χ0v) is 21.2. The van der Waals surface area contributed by atoms with E-state index in [1.807, 2.05) is 49.4 Å². The van der Waals surface area contributed by atoms with E-state index < -0.39 is 6.10 Å². The maximum absolute atomic E-state index is 13.5. The molecular formula is C31H32FNO4. The van der Waals surface area contributed by atoms with Gasteiger partial charge in [0.15, 0.2) is 6.10 Å². The van der Waals surface area contributed by atoms with Gasteiger partial charge in [0.25, 0.3) is 0 Å². The van der Waals surface area contributed by atoms with Crippen molar-refractivity contribution < 1.29 is 23.4 Å². The van der Waals surface area contributed by atoms with E-state index in [4.69, 9.17) is 14.2 Å². The monoisotopic (exact) mass is 501 g/mol. The van der Waals surface area contributed by atoms with E-state index in [-0.39, 0.29) is 11.8 Å².